The lowest BCUT2D eigenvalue weighted by Gasteiger charge is -2.24. The summed E-state index contributed by atoms with van der Waals surface area (Å²) in [7, 11) is 0. The first-order valence-electron chi connectivity index (χ1n) is 13.7. The van der Waals surface area contributed by atoms with Crippen LogP contribution in [0, 0.1) is 29.4 Å². The molecule has 2 heterocycles. The third-order valence-electron chi connectivity index (χ3n) is 7.51. The highest BCUT2D eigenvalue weighted by molar-refractivity contribution is 6.01. The number of carbonyl (C=O) groups is 5. The van der Waals surface area contributed by atoms with Gasteiger partial charge in [0.05, 0.1) is 11.6 Å². The summed E-state index contributed by atoms with van der Waals surface area (Å²) in [6, 6.07) is -0.0834. The zero-order valence-electron chi connectivity index (χ0n) is 23.3. The Morgan fingerprint density at radius 3 is 2.38 bits per heavy atom. The summed E-state index contributed by atoms with van der Waals surface area (Å²) in [6.45, 7) is 3.25. The number of ketones is 1. The highest BCUT2D eigenvalue weighted by Gasteiger charge is 2.36. The molecule has 1 saturated carbocycles. The van der Waals surface area contributed by atoms with Crippen molar-refractivity contribution in [2.45, 2.75) is 64.1 Å². The van der Waals surface area contributed by atoms with Crippen LogP contribution in [0.2, 0.25) is 0 Å². The number of amides is 3. The molecule has 0 spiro atoms. The van der Waals surface area contributed by atoms with Gasteiger partial charge < -0.3 is 31.4 Å². The number of carbonyl (C=O) groups excluding carboxylic acids is 5. The van der Waals surface area contributed by atoms with E-state index in [1.54, 1.807) is 13.8 Å². The third-order valence-corrected chi connectivity index (χ3v) is 7.51. The van der Waals surface area contributed by atoms with Gasteiger partial charge in [-0.05, 0) is 43.2 Å². The van der Waals surface area contributed by atoms with Gasteiger partial charge in [0, 0.05) is 23.9 Å². The van der Waals surface area contributed by atoms with E-state index in [4.69, 9.17) is 10.5 Å². The van der Waals surface area contributed by atoms with E-state index in [9.17, 15) is 32.8 Å². The fourth-order valence-electron chi connectivity index (χ4n) is 4.75. The molecule has 230 valence electrons. The van der Waals surface area contributed by atoms with Gasteiger partial charge in [0.2, 0.25) is 11.8 Å². The molecule has 1 saturated heterocycles. The van der Waals surface area contributed by atoms with E-state index in [0.29, 0.717) is 25.5 Å². The van der Waals surface area contributed by atoms with Crippen molar-refractivity contribution < 1.29 is 37.5 Å². The maximum atomic E-state index is 14.1. The smallest absolute Gasteiger partial charge is 0.323 e. The lowest BCUT2D eigenvalue weighted by Crippen LogP contribution is -2.53. The first kappa shape index (κ1) is 32.9. The average molecular weight is 612 g/mol. The van der Waals surface area contributed by atoms with Crippen molar-refractivity contribution in [3.8, 4) is 0 Å². The van der Waals surface area contributed by atoms with E-state index in [2.05, 4.69) is 20.9 Å². The lowest BCUT2D eigenvalue weighted by atomic mass is 9.95. The standard InChI is InChI=1S/C28H35F2N5O6.ClH/c1-13(2)23(31)28(40)41-12-22(36)19(9-15-5-6-32-25(15)37)34-26(38)20(7-14-3-4-14)35-27(39)21-10-16-8-17(29)11-18(30)24(16)33-21;/h8,10-11,13-15,19-20,23,33H,3-7,9,12,31H2,1-2H3,(H,32,37)(H,34,38)(H,35,39);1H/t15-,19-,20-,23-;/m0./s1. The molecule has 0 unspecified atom stereocenters. The number of fused-ring (bicyclic) bond motifs is 1. The number of benzene rings is 1. The number of nitrogens with two attached hydrogens (primary N) is 1. The van der Waals surface area contributed by atoms with Gasteiger partial charge in [-0.2, -0.15) is 0 Å². The van der Waals surface area contributed by atoms with Gasteiger partial charge in [0.25, 0.3) is 5.91 Å². The Bertz CT molecular complexity index is 1350. The topological polar surface area (TPSA) is 172 Å². The van der Waals surface area contributed by atoms with Crippen molar-refractivity contribution in [3.05, 3.63) is 35.5 Å². The van der Waals surface area contributed by atoms with Gasteiger partial charge in [0.1, 0.15) is 29.4 Å². The SMILES string of the molecule is CC(C)[C@H](N)C(=O)OCC(=O)[C@H](C[C@@H]1CCNC1=O)NC(=O)[C@H](CC1CC1)NC(=O)c1cc2cc(F)cc(F)c2[nH]1.Cl. The summed E-state index contributed by atoms with van der Waals surface area (Å²) in [4.78, 5) is 66.6. The largest absolute Gasteiger partial charge is 0.456 e. The van der Waals surface area contributed by atoms with Gasteiger partial charge in [-0.1, -0.05) is 26.7 Å². The van der Waals surface area contributed by atoms with Gasteiger partial charge >= 0.3 is 5.97 Å². The van der Waals surface area contributed by atoms with Gasteiger partial charge in [-0.3, -0.25) is 24.0 Å². The summed E-state index contributed by atoms with van der Waals surface area (Å²) < 4.78 is 32.8. The zero-order chi connectivity index (χ0) is 29.8. The van der Waals surface area contributed by atoms with Crippen LogP contribution < -0.4 is 21.7 Å². The van der Waals surface area contributed by atoms with Crippen LogP contribution in [-0.2, 0) is 23.9 Å². The Morgan fingerprint density at radius 2 is 1.76 bits per heavy atom. The minimum absolute atomic E-state index is 0. The number of Topliss-reactive ketones (excluding diaryl/α,β-unsaturated/α-hetero) is 1. The maximum Gasteiger partial charge on any atom is 0.323 e. The first-order valence-corrected chi connectivity index (χ1v) is 13.7. The Balaban J connectivity index is 0.00000484. The number of nitrogens with one attached hydrogen (secondary N) is 4. The molecule has 0 bridgehead atoms. The van der Waals surface area contributed by atoms with E-state index in [-0.39, 0.29) is 53.2 Å². The molecule has 4 atom stereocenters. The van der Waals surface area contributed by atoms with Crippen molar-refractivity contribution in [2.24, 2.45) is 23.5 Å². The monoisotopic (exact) mass is 611 g/mol. The highest BCUT2D eigenvalue weighted by Crippen LogP contribution is 2.34. The van der Waals surface area contributed by atoms with Crippen LogP contribution in [0.25, 0.3) is 10.9 Å². The van der Waals surface area contributed by atoms with Crippen molar-refractivity contribution >= 4 is 52.8 Å². The second-order valence-corrected chi connectivity index (χ2v) is 11.2. The summed E-state index contributed by atoms with van der Waals surface area (Å²) in [6.07, 6.45) is 2.49. The Morgan fingerprint density at radius 1 is 1.05 bits per heavy atom. The van der Waals surface area contributed by atoms with Crippen LogP contribution in [0.15, 0.2) is 18.2 Å². The Labute approximate surface area is 247 Å². The first-order chi connectivity index (χ1) is 19.4. The molecular formula is C28H36ClF2N5O6. The third kappa shape index (κ3) is 8.25. The lowest BCUT2D eigenvalue weighted by molar-refractivity contribution is -0.151. The van der Waals surface area contributed by atoms with Crippen molar-refractivity contribution in [2.75, 3.05) is 13.2 Å². The molecule has 1 aliphatic heterocycles. The predicted octanol–water partition coefficient (Wildman–Crippen LogP) is 1.87. The normalized spacial score (nSPS) is 18.5. The van der Waals surface area contributed by atoms with Gasteiger partial charge in [-0.15, -0.1) is 12.4 Å². The van der Waals surface area contributed by atoms with E-state index in [0.717, 1.165) is 18.9 Å². The van der Waals surface area contributed by atoms with Crippen molar-refractivity contribution in [1.82, 2.24) is 20.9 Å². The molecule has 1 aromatic carbocycles. The van der Waals surface area contributed by atoms with Crippen molar-refractivity contribution in [1.29, 1.82) is 0 Å². The van der Waals surface area contributed by atoms with Crippen LogP contribution in [0.5, 0.6) is 0 Å². The second-order valence-electron chi connectivity index (χ2n) is 11.2. The minimum Gasteiger partial charge on any atom is -0.456 e. The number of ether oxygens (including phenoxy) is 1. The molecule has 2 fully saturated rings. The van der Waals surface area contributed by atoms with Crippen molar-refractivity contribution in [3.63, 3.8) is 0 Å². The molecule has 0 radical (unpaired) electrons. The van der Waals surface area contributed by atoms with Crippen LogP contribution in [0.3, 0.4) is 0 Å². The average Bonchev–Trinajstić information content (AvgIpc) is 3.48. The molecule has 2 aromatic rings. The molecule has 3 amide bonds. The minimum atomic E-state index is -1.16. The van der Waals surface area contributed by atoms with E-state index in [1.807, 2.05) is 0 Å². The Hall–Kier alpha value is -3.58. The number of H-pyrrole nitrogens is 1. The van der Waals surface area contributed by atoms with Gasteiger partial charge in [0.15, 0.2) is 12.4 Å². The second kappa shape index (κ2) is 14.1. The summed E-state index contributed by atoms with van der Waals surface area (Å²) in [5.41, 5.74) is 5.67. The van der Waals surface area contributed by atoms with Crippen LogP contribution in [-0.4, -0.2) is 65.7 Å². The molecule has 6 N–H and O–H groups in total. The molecule has 1 aromatic heterocycles. The molecule has 1 aliphatic carbocycles. The van der Waals surface area contributed by atoms with Crippen LogP contribution in [0.1, 0.15) is 56.4 Å². The number of hydrogen-bond acceptors (Lipinski definition) is 7. The van der Waals surface area contributed by atoms with Crippen LogP contribution in [0.4, 0.5) is 8.78 Å². The summed E-state index contributed by atoms with van der Waals surface area (Å²) in [5.74, 6) is -5.20. The maximum absolute atomic E-state index is 14.1. The van der Waals surface area contributed by atoms with E-state index < -0.39 is 65.9 Å². The van der Waals surface area contributed by atoms with Crippen LogP contribution >= 0.6 is 12.4 Å². The van der Waals surface area contributed by atoms with E-state index in [1.165, 1.54) is 6.07 Å². The Kier molecular flexibility index (Phi) is 11.0. The fraction of sp³-hybridized carbons (Fsp3) is 0.536. The van der Waals surface area contributed by atoms with E-state index >= 15 is 0 Å². The molecule has 14 heteroatoms. The molecule has 11 nitrogen and oxygen atoms in total. The quantitative estimate of drug-likeness (QED) is 0.215. The number of aromatic nitrogens is 1. The fourth-order valence-corrected chi connectivity index (χ4v) is 4.75. The molecule has 4 rings (SSSR count). The zero-order valence-corrected chi connectivity index (χ0v) is 24.2. The molecule has 42 heavy (non-hydrogen) atoms. The molecular weight excluding hydrogens is 576 g/mol. The number of halogens is 3. The predicted molar refractivity (Wildman–Crippen MR) is 151 cm³/mol. The number of rotatable bonds is 13. The number of aromatic amines is 1. The number of hydrogen-bond donors (Lipinski definition) is 5. The van der Waals surface area contributed by atoms with Gasteiger partial charge in [-0.25, -0.2) is 8.78 Å². The molecule has 2 aliphatic rings. The highest BCUT2D eigenvalue weighted by atomic mass is 35.5. The summed E-state index contributed by atoms with van der Waals surface area (Å²) >= 11 is 0. The number of esters is 1. The summed E-state index contributed by atoms with van der Waals surface area (Å²) in [5, 5.41) is 8.13.